The van der Waals surface area contributed by atoms with Crippen LogP contribution in [-0.2, 0) is 25.7 Å². The minimum atomic E-state index is -4.37. The summed E-state index contributed by atoms with van der Waals surface area (Å²) in [6.45, 7) is 3.85. The van der Waals surface area contributed by atoms with Gasteiger partial charge in [-0.15, -0.1) is 0 Å². The third-order valence-electron chi connectivity index (χ3n) is 3.91. The number of halogens is 3. The summed E-state index contributed by atoms with van der Waals surface area (Å²) in [5, 5.41) is 3.30. The summed E-state index contributed by atoms with van der Waals surface area (Å²) in [7, 11) is 0. The maximum absolute atomic E-state index is 12.7. The van der Waals surface area contributed by atoms with Gasteiger partial charge in [0.25, 0.3) is 0 Å². The zero-order valence-corrected chi connectivity index (χ0v) is 12.3. The standard InChI is InChI=1S/C15H18F3N3O/c1-10-2-4-12(22-10)7-19-6-11-3-5-14-20-13(15(16,17)18)9-21(14)8-11/h2,4,9,11,19H,3,5-8H2,1H3/t11-/m1/s1. The van der Waals surface area contributed by atoms with Crippen LogP contribution >= 0.6 is 0 Å². The number of rotatable bonds is 4. The Morgan fingerprint density at radius 1 is 1.41 bits per heavy atom. The molecule has 0 aliphatic carbocycles. The second-order valence-corrected chi connectivity index (χ2v) is 5.74. The number of furan rings is 1. The molecule has 2 aromatic rings. The van der Waals surface area contributed by atoms with Crippen molar-refractivity contribution in [3.05, 3.63) is 41.4 Å². The minimum Gasteiger partial charge on any atom is -0.465 e. The maximum atomic E-state index is 12.7. The van der Waals surface area contributed by atoms with Gasteiger partial charge < -0.3 is 14.3 Å². The number of aryl methyl sites for hydroxylation is 2. The predicted octanol–water partition coefficient (Wildman–Crippen LogP) is 3.16. The first-order chi connectivity index (χ1) is 10.4. The molecule has 1 atom stereocenters. The van der Waals surface area contributed by atoms with Crippen molar-refractivity contribution in [3.63, 3.8) is 0 Å². The molecule has 0 radical (unpaired) electrons. The fourth-order valence-electron chi connectivity index (χ4n) is 2.80. The largest absolute Gasteiger partial charge is 0.465 e. The molecule has 0 saturated heterocycles. The van der Waals surface area contributed by atoms with E-state index in [0.29, 0.717) is 31.3 Å². The molecule has 22 heavy (non-hydrogen) atoms. The number of alkyl halides is 3. The highest BCUT2D eigenvalue weighted by Gasteiger charge is 2.35. The van der Waals surface area contributed by atoms with Gasteiger partial charge in [0.05, 0.1) is 6.54 Å². The SMILES string of the molecule is Cc1ccc(CNC[C@H]2CCc3nc(C(F)(F)F)cn3C2)o1. The second kappa shape index (κ2) is 5.79. The second-order valence-electron chi connectivity index (χ2n) is 5.74. The first-order valence-electron chi connectivity index (χ1n) is 7.31. The Bertz CT molecular complexity index is 645. The molecule has 1 aliphatic rings. The molecule has 2 aromatic heterocycles. The highest BCUT2D eigenvalue weighted by molar-refractivity contribution is 5.10. The van der Waals surface area contributed by atoms with Crippen LogP contribution < -0.4 is 5.32 Å². The first kappa shape index (κ1) is 15.1. The summed E-state index contributed by atoms with van der Waals surface area (Å²) in [6, 6.07) is 3.83. The molecule has 4 nitrogen and oxygen atoms in total. The topological polar surface area (TPSA) is 43.0 Å². The van der Waals surface area contributed by atoms with Crippen molar-refractivity contribution in [3.8, 4) is 0 Å². The maximum Gasteiger partial charge on any atom is 0.434 e. The molecule has 7 heteroatoms. The van der Waals surface area contributed by atoms with E-state index in [-0.39, 0.29) is 0 Å². The van der Waals surface area contributed by atoms with E-state index in [4.69, 9.17) is 4.42 Å². The van der Waals surface area contributed by atoms with Crippen LogP contribution in [0.25, 0.3) is 0 Å². The molecule has 0 spiro atoms. The lowest BCUT2D eigenvalue weighted by atomic mass is 9.99. The normalized spacial score (nSPS) is 18.5. The number of imidazole rings is 1. The highest BCUT2D eigenvalue weighted by atomic mass is 19.4. The lowest BCUT2D eigenvalue weighted by molar-refractivity contribution is -0.141. The fraction of sp³-hybridized carbons (Fsp3) is 0.533. The summed E-state index contributed by atoms with van der Waals surface area (Å²) in [4.78, 5) is 3.69. The highest BCUT2D eigenvalue weighted by Crippen LogP contribution is 2.30. The average Bonchev–Trinajstić information content (AvgIpc) is 3.04. The van der Waals surface area contributed by atoms with Crippen LogP contribution in [0.15, 0.2) is 22.7 Å². The van der Waals surface area contributed by atoms with Crippen LogP contribution in [0.5, 0.6) is 0 Å². The van der Waals surface area contributed by atoms with Crippen molar-refractivity contribution in [2.75, 3.05) is 6.54 Å². The van der Waals surface area contributed by atoms with Crippen LogP contribution in [-0.4, -0.2) is 16.1 Å². The van der Waals surface area contributed by atoms with Gasteiger partial charge in [-0.05, 0) is 31.4 Å². The Morgan fingerprint density at radius 2 is 2.23 bits per heavy atom. The van der Waals surface area contributed by atoms with E-state index >= 15 is 0 Å². The third kappa shape index (κ3) is 3.35. The van der Waals surface area contributed by atoms with E-state index in [9.17, 15) is 13.2 Å². The van der Waals surface area contributed by atoms with Gasteiger partial charge in [0.1, 0.15) is 17.3 Å². The number of hydrogen-bond donors (Lipinski definition) is 1. The average molecular weight is 313 g/mol. The van der Waals surface area contributed by atoms with E-state index in [1.807, 2.05) is 19.1 Å². The zero-order valence-electron chi connectivity index (χ0n) is 12.3. The first-order valence-corrected chi connectivity index (χ1v) is 7.31. The molecular formula is C15H18F3N3O. The molecular weight excluding hydrogens is 295 g/mol. The van der Waals surface area contributed by atoms with E-state index in [0.717, 1.165) is 30.7 Å². The van der Waals surface area contributed by atoms with Crippen molar-refractivity contribution < 1.29 is 17.6 Å². The van der Waals surface area contributed by atoms with E-state index in [1.54, 1.807) is 4.57 Å². The summed E-state index contributed by atoms with van der Waals surface area (Å²) >= 11 is 0. The van der Waals surface area contributed by atoms with Crippen LogP contribution in [0.1, 0.15) is 29.5 Å². The Morgan fingerprint density at radius 3 is 2.91 bits per heavy atom. The number of nitrogens with zero attached hydrogens (tertiary/aromatic N) is 2. The molecule has 1 N–H and O–H groups in total. The van der Waals surface area contributed by atoms with Gasteiger partial charge in [0, 0.05) is 25.7 Å². The lowest BCUT2D eigenvalue weighted by Crippen LogP contribution is -2.29. The van der Waals surface area contributed by atoms with Crippen molar-refractivity contribution in [1.82, 2.24) is 14.9 Å². The molecule has 120 valence electrons. The summed E-state index contributed by atoms with van der Waals surface area (Å²) < 4.78 is 45.1. The summed E-state index contributed by atoms with van der Waals surface area (Å²) in [6.07, 6.45) is -1.81. The van der Waals surface area contributed by atoms with Crippen LogP contribution in [0.2, 0.25) is 0 Å². The van der Waals surface area contributed by atoms with Crippen molar-refractivity contribution in [1.29, 1.82) is 0 Å². The molecule has 0 amide bonds. The van der Waals surface area contributed by atoms with Gasteiger partial charge in [-0.25, -0.2) is 4.98 Å². The molecule has 0 saturated carbocycles. The molecule has 0 aromatic carbocycles. The van der Waals surface area contributed by atoms with E-state index in [1.165, 1.54) is 0 Å². The van der Waals surface area contributed by atoms with Crippen molar-refractivity contribution >= 4 is 0 Å². The van der Waals surface area contributed by atoms with Gasteiger partial charge in [0.2, 0.25) is 0 Å². The smallest absolute Gasteiger partial charge is 0.434 e. The predicted molar refractivity (Wildman–Crippen MR) is 74.2 cm³/mol. The van der Waals surface area contributed by atoms with Crippen LogP contribution in [0, 0.1) is 12.8 Å². The van der Waals surface area contributed by atoms with Crippen LogP contribution in [0.3, 0.4) is 0 Å². The Labute approximate surface area is 126 Å². The summed E-state index contributed by atoms with van der Waals surface area (Å²) in [5.74, 6) is 2.58. The molecule has 0 unspecified atom stereocenters. The zero-order chi connectivity index (χ0) is 15.7. The molecule has 1 aliphatic heterocycles. The Balaban J connectivity index is 1.54. The van der Waals surface area contributed by atoms with Crippen LogP contribution in [0.4, 0.5) is 13.2 Å². The van der Waals surface area contributed by atoms with Crippen molar-refractivity contribution in [2.24, 2.45) is 5.92 Å². The fourth-order valence-corrected chi connectivity index (χ4v) is 2.80. The Hall–Kier alpha value is -1.76. The quantitative estimate of drug-likeness (QED) is 0.943. The number of hydrogen-bond acceptors (Lipinski definition) is 3. The number of fused-ring (bicyclic) bond motifs is 1. The third-order valence-corrected chi connectivity index (χ3v) is 3.91. The number of nitrogens with one attached hydrogen (secondary N) is 1. The minimum absolute atomic E-state index is 0.304. The Kier molecular flexibility index (Phi) is 3.99. The van der Waals surface area contributed by atoms with Gasteiger partial charge >= 0.3 is 6.18 Å². The van der Waals surface area contributed by atoms with Gasteiger partial charge in [-0.3, -0.25) is 0 Å². The van der Waals surface area contributed by atoms with Gasteiger partial charge in [-0.1, -0.05) is 0 Å². The lowest BCUT2D eigenvalue weighted by Gasteiger charge is -2.23. The summed E-state index contributed by atoms with van der Waals surface area (Å²) in [5.41, 5.74) is -0.790. The monoisotopic (exact) mass is 313 g/mol. The molecule has 0 bridgehead atoms. The van der Waals surface area contributed by atoms with E-state index in [2.05, 4.69) is 10.3 Å². The van der Waals surface area contributed by atoms with E-state index < -0.39 is 11.9 Å². The number of aromatic nitrogens is 2. The molecule has 0 fully saturated rings. The molecule has 3 heterocycles. The van der Waals surface area contributed by atoms with Gasteiger partial charge in [-0.2, -0.15) is 13.2 Å². The molecule has 3 rings (SSSR count). The van der Waals surface area contributed by atoms with Crippen molar-refractivity contribution in [2.45, 2.75) is 39.0 Å². The van der Waals surface area contributed by atoms with Gasteiger partial charge in [0.15, 0.2) is 5.69 Å².